The summed E-state index contributed by atoms with van der Waals surface area (Å²) in [5.41, 5.74) is 3.44. The van der Waals surface area contributed by atoms with E-state index in [1.807, 2.05) is 19.2 Å². The number of hydrogen-bond donors (Lipinski definition) is 1. The minimum absolute atomic E-state index is 0.323. The Morgan fingerprint density at radius 2 is 2.36 bits per heavy atom. The molecule has 1 aromatic rings. The highest BCUT2D eigenvalue weighted by Crippen LogP contribution is 2.24. The molecule has 2 nitrogen and oxygen atoms in total. The minimum Gasteiger partial charge on any atom is -0.377 e. The zero-order chi connectivity index (χ0) is 9.97. The molecule has 0 bridgehead atoms. The van der Waals surface area contributed by atoms with Gasteiger partial charge in [-0.3, -0.25) is 4.99 Å². The van der Waals surface area contributed by atoms with Crippen LogP contribution in [-0.4, -0.2) is 12.3 Å². The number of nitrogens with zero attached hydrogens (tertiary/aromatic N) is 1. The number of aliphatic imine (C=N–C) groups is 1. The first-order valence-electron chi connectivity index (χ1n) is 4.80. The van der Waals surface area contributed by atoms with Crippen molar-refractivity contribution in [3.63, 3.8) is 0 Å². The van der Waals surface area contributed by atoms with E-state index in [4.69, 9.17) is 0 Å². The number of anilines is 1. The number of fused-ring (bicyclic) bond motifs is 1. The Bertz CT molecular complexity index is 355. The quantitative estimate of drug-likeness (QED) is 0.705. The number of nitrogens with one attached hydrogen (secondary N) is 1. The molecule has 1 heterocycles. The molecule has 1 atom stereocenters. The summed E-state index contributed by atoms with van der Waals surface area (Å²) in [5.74, 6) is 0. The molecule has 0 fully saturated rings. The van der Waals surface area contributed by atoms with Crippen molar-refractivity contribution < 1.29 is 0 Å². The summed E-state index contributed by atoms with van der Waals surface area (Å²) < 4.78 is 0. The van der Waals surface area contributed by atoms with Gasteiger partial charge in [0.1, 0.15) is 0 Å². The van der Waals surface area contributed by atoms with Gasteiger partial charge < -0.3 is 5.32 Å². The maximum atomic E-state index is 4.21. The fourth-order valence-electron chi connectivity index (χ4n) is 1.63. The van der Waals surface area contributed by atoms with Gasteiger partial charge in [-0.25, -0.2) is 0 Å². The first-order chi connectivity index (χ1) is 6.75. The van der Waals surface area contributed by atoms with Crippen LogP contribution in [0.1, 0.15) is 12.5 Å². The van der Waals surface area contributed by atoms with Crippen molar-refractivity contribution in [1.29, 1.82) is 0 Å². The van der Waals surface area contributed by atoms with Gasteiger partial charge in [-0.05, 0) is 25.0 Å². The van der Waals surface area contributed by atoms with Gasteiger partial charge in [-0.2, -0.15) is 0 Å². The van der Waals surface area contributed by atoms with Crippen LogP contribution < -0.4 is 5.32 Å². The number of hydrogen-bond acceptors (Lipinski definition) is 2. The van der Waals surface area contributed by atoms with E-state index in [0.717, 1.165) is 12.1 Å². The molecule has 2 rings (SSSR count). The smallest absolute Gasteiger partial charge is 0.0657 e. The predicted octanol–water partition coefficient (Wildman–Crippen LogP) is 2.63. The second-order valence-electron chi connectivity index (χ2n) is 3.63. The third-order valence-electron chi connectivity index (χ3n) is 2.27. The standard InChI is InChI=1S/C12H14N2/c1-9(2)13-8-11-7-10-5-3-4-6-12(10)14-11/h3-6,8,11,14H,1,7H2,2H3/b13-8-/t11-/m0/s1. The van der Waals surface area contributed by atoms with Crippen molar-refractivity contribution in [3.8, 4) is 0 Å². The Balaban J connectivity index is 2.08. The zero-order valence-electron chi connectivity index (χ0n) is 8.33. The first kappa shape index (κ1) is 9.00. The number of allylic oxidation sites excluding steroid dienone is 1. The lowest BCUT2D eigenvalue weighted by atomic mass is 10.1. The average Bonchev–Trinajstić information content (AvgIpc) is 2.57. The summed E-state index contributed by atoms with van der Waals surface area (Å²) in [4.78, 5) is 4.21. The molecule has 0 radical (unpaired) electrons. The van der Waals surface area contributed by atoms with Crippen molar-refractivity contribution in [2.45, 2.75) is 19.4 Å². The molecule has 0 amide bonds. The lowest BCUT2D eigenvalue weighted by Gasteiger charge is -2.03. The van der Waals surface area contributed by atoms with Gasteiger partial charge in [0, 0.05) is 17.6 Å². The van der Waals surface area contributed by atoms with E-state index in [2.05, 4.69) is 35.1 Å². The van der Waals surface area contributed by atoms with E-state index in [0.29, 0.717) is 6.04 Å². The van der Waals surface area contributed by atoms with Gasteiger partial charge in [-0.15, -0.1) is 0 Å². The predicted molar refractivity (Wildman–Crippen MR) is 60.9 cm³/mol. The van der Waals surface area contributed by atoms with Crippen LogP contribution in [0.15, 0.2) is 41.5 Å². The largest absolute Gasteiger partial charge is 0.377 e. The molecular formula is C12H14N2. The summed E-state index contributed by atoms with van der Waals surface area (Å²) in [6.07, 6.45) is 2.95. The molecule has 0 spiro atoms. The van der Waals surface area contributed by atoms with Crippen LogP contribution in [0.3, 0.4) is 0 Å². The summed E-state index contributed by atoms with van der Waals surface area (Å²) >= 11 is 0. The average molecular weight is 186 g/mol. The van der Waals surface area contributed by atoms with E-state index >= 15 is 0 Å². The summed E-state index contributed by atoms with van der Waals surface area (Å²) in [6.45, 7) is 5.64. The Kier molecular flexibility index (Phi) is 2.35. The van der Waals surface area contributed by atoms with Crippen LogP contribution in [0.4, 0.5) is 5.69 Å². The topological polar surface area (TPSA) is 24.4 Å². The fraction of sp³-hybridized carbons (Fsp3) is 0.250. The highest BCUT2D eigenvalue weighted by molar-refractivity contribution is 5.75. The molecule has 0 aromatic heterocycles. The van der Waals surface area contributed by atoms with E-state index < -0.39 is 0 Å². The number of para-hydroxylation sites is 1. The summed E-state index contributed by atoms with van der Waals surface area (Å²) in [6, 6.07) is 8.69. The molecule has 1 aliphatic rings. The summed E-state index contributed by atoms with van der Waals surface area (Å²) in [7, 11) is 0. The highest BCUT2D eigenvalue weighted by Gasteiger charge is 2.17. The van der Waals surface area contributed by atoms with Gasteiger partial charge in [0.15, 0.2) is 0 Å². The van der Waals surface area contributed by atoms with Crippen LogP contribution in [-0.2, 0) is 6.42 Å². The van der Waals surface area contributed by atoms with E-state index in [-0.39, 0.29) is 0 Å². The minimum atomic E-state index is 0.323. The van der Waals surface area contributed by atoms with Crippen molar-refractivity contribution in [2.24, 2.45) is 4.99 Å². The molecule has 0 saturated heterocycles. The second kappa shape index (κ2) is 3.66. The van der Waals surface area contributed by atoms with Crippen molar-refractivity contribution >= 4 is 11.9 Å². The highest BCUT2D eigenvalue weighted by atomic mass is 15.0. The molecule has 1 aliphatic heterocycles. The Hall–Kier alpha value is -1.57. The van der Waals surface area contributed by atoms with Crippen molar-refractivity contribution in [2.75, 3.05) is 5.32 Å². The zero-order valence-corrected chi connectivity index (χ0v) is 8.33. The maximum Gasteiger partial charge on any atom is 0.0657 e. The van der Waals surface area contributed by atoms with Gasteiger partial charge in [0.2, 0.25) is 0 Å². The third-order valence-corrected chi connectivity index (χ3v) is 2.27. The van der Waals surface area contributed by atoms with Crippen LogP contribution in [0.25, 0.3) is 0 Å². The third kappa shape index (κ3) is 1.84. The molecule has 0 aliphatic carbocycles. The lowest BCUT2D eigenvalue weighted by molar-refractivity contribution is 0.983. The molecular weight excluding hydrogens is 172 g/mol. The monoisotopic (exact) mass is 186 g/mol. The molecule has 0 saturated carbocycles. The SMILES string of the molecule is C=C(C)/N=C\[C@@H]1Cc2ccccc2N1. The van der Waals surface area contributed by atoms with Gasteiger partial charge >= 0.3 is 0 Å². The van der Waals surface area contributed by atoms with Gasteiger partial charge in [-0.1, -0.05) is 24.8 Å². The van der Waals surface area contributed by atoms with Crippen molar-refractivity contribution in [1.82, 2.24) is 0 Å². The molecule has 14 heavy (non-hydrogen) atoms. The van der Waals surface area contributed by atoms with E-state index in [9.17, 15) is 0 Å². The van der Waals surface area contributed by atoms with E-state index in [1.54, 1.807) is 0 Å². The molecule has 1 N–H and O–H groups in total. The normalized spacial score (nSPS) is 19.4. The molecule has 72 valence electrons. The molecule has 2 heteroatoms. The Labute approximate surface area is 84.4 Å². The van der Waals surface area contributed by atoms with Gasteiger partial charge in [0.05, 0.1) is 6.04 Å². The lowest BCUT2D eigenvalue weighted by Crippen LogP contribution is -2.16. The second-order valence-corrected chi connectivity index (χ2v) is 3.63. The summed E-state index contributed by atoms with van der Waals surface area (Å²) in [5, 5.41) is 3.40. The molecule has 1 aromatic carbocycles. The van der Waals surface area contributed by atoms with Crippen molar-refractivity contribution in [3.05, 3.63) is 42.1 Å². The number of rotatable bonds is 2. The maximum absolute atomic E-state index is 4.21. The van der Waals surface area contributed by atoms with Crippen LogP contribution in [0.5, 0.6) is 0 Å². The van der Waals surface area contributed by atoms with Crippen LogP contribution in [0.2, 0.25) is 0 Å². The molecule has 0 unspecified atom stereocenters. The van der Waals surface area contributed by atoms with Crippen LogP contribution in [0, 0.1) is 0 Å². The fourth-order valence-corrected chi connectivity index (χ4v) is 1.63. The Morgan fingerprint density at radius 3 is 3.07 bits per heavy atom. The first-order valence-corrected chi connectivity index (χ1v) is 4.80. The number of benzene rings is 1. The van der Waals surface area contributed by atoms with Gasteiger partial charge in [0.25, 0.3) is 0 Å². The Morgan fingerprint density at radius 1 is 1.57 bits per heavy atom. The van der Waals surface area contributed by atoms with E-state index in [1.165, 1.54) is 11.3 Å². The van der Waals surface area contributed by atoms with Crippen LogP contribution >= 0.6 is 0 Å².